The van der Waals surface area contributed by atoms with Crippen LogP contribution in [0.2, 0.25) is 0 Å². The van der Waals surface area contributed by atoms with E-state index < -0.39 is 0 Å². The molecule has 0 aliphatic carbocycles. The van der Waals surface area contributed by atoms with E-state index in [1.807, 2.05) is 0 Å². The van der Waals surface area contributed by atoms with Gasteiger partial charge in [0.25, 0.3) is 0 Å². The normalized spacial score (nSPS) is 27.2. The van der Waals surface area contributed by atoms with Crippen molar-refractivity contribution in [2.45, 2.75) is 18.9 Å². The molecular weight excluding hydrogens is 216 g/mol. The lowest BCUT2D eigenvalue weighted by Gasteiger charge is -2.08. The maximum absolute atomic E-state index is 5.46. The Hall–Kier alpha value is -0.340. The van der Waals surface area contributed by atoms with Crippen LogP contribution >= 0.6 is 15.9 Å². The van der Waals surface area contributed by atoms with Crippen molar-refractivity contribution in [1.29, 1.82) is 0 Å². The average molecular weight is 227 g/mol. The third kappa shape index (κ3) is 1.29. The lowest BCUT2D eigenvalue weighted by Crippen LogP contribution is -2.05. The van der Waals surface area contributed by atoms with Crippen molar-refractivity contribution in [2.24, 2.45) is 0 Å². The number of hydrogen-bond donors (Lipinski definition) is 0. The third-order valence-corrected chi connectivity index (χ3v) is 2.96. The predicted octanol–water partition coefficient (Wildman–Crippen LogP) is 3.08. The van der Waals surface area contributed by atoms with Gasteiger partial charge in [0.1, 0.15) is 5.60 Å². The molecule has 1 heterocycles. The van der Waals surface area contributed by atoms with E-state index in [4.69, 9.17) is 4.74 Å². The Bertz CT molecular complexity index is 274. The maximum atomic E-state index is 5.46. The molecule has 1 aliphatic rings. The molecule has 0 aromatic heterocycles. The number of rotatable bonds is 2. The first-order valence-corrected chi connectivity index (χ1v) is 4.96. The van der Waals surface area contributed by atoms with Crippen molar-refractivity contribution in [3.05, 3.63) is 34.3 Å². The van der Waals surface area contributed by atoms with Gasteiger partial charge < -0.3 is 4.74 Å². The molecule has 2 heteroatoms. The fourth-order valence-corrected chi connectivity index (χ4v) is 1.68. The second-order valence-corrected chi connectivity index (χ2v) is 4.06. The monoisotopic (exact) mass is 226 g/mol. The van der Waals surface area contributed by atoms with Gasteiger partial charge in [0.15, 0.2) is 0 Å². The van der Waals surface area contributed by atoms with Crippen LogP contribution in [0.3, 0.4) is 0 Å². The molecule has 0 spiro atoms. The number of benzene rings is 1. The van der Waals surface area contributed by atoms with E-state index in [-0.39, 0.29) is 5.60 Å². The van der Waals surface area contributed by atoms with Gasteiger partial charge in [-0.15, -0.1) is 0 Å². The van der Waals surface area contributed by atoms with Crippen LogP contribution in [0.5, 0.6) is 0 Å². The Kier molecular flexibility index (Phi) is 1.97. The molecule has 1 atom stereocenters. The van der Waals surface area contributed by atoms with Crippen LogP contribution in [0.15, 0.2) is 28.7 Å². The first-order valence-electron chi connectivity index (χ1n) is 4.17. The van der Waals surface area contributed by atoms with Crippen LogP contribution in [0, 0.1) is 0 Å². The zero-order valence-electron chi connectivity index (χ0n) is 7.01. The molecule has 12 heavy (non-hydrogen) atoms. The summed E-state index contributed by atoms with van der Waals surface area (Å²) in [5, 5.41) is 0. The molecule has 2 rings (SSSR count). The average Bonchev–Trinajstić information content (AvgIpc) is 2.86. The Morgan fingerprint density at radius 3 is 2.42 bits per heavy atom. The van der Waals surface area contributed by atoms with Gasteiger partial charge in [-0.25, -0.2) is 0 Å². The number of ether oxygens (including phenoxy) is 1. The summed E-state index contributed by atoms with van der Waals surface area (Å²) in [7, 11) is 0. The zero-order chi connectivity index (χ0) is 8.60. The predicted molar refractivity (Wildman–Crippen MR) is 52.1 cm³/mol. The summed E-state index contributed by atoms with van der Waals surface area (Å²) in [4.78, 5) is 0. The van der Waals surface area contributed by atoms with Gasteiger partial charge in [-0.1, -0.05) is 35.0 Å². The van der Waals surface area contributed by atoms with Crippen LogP contribution < -0.4 is 0 Å². The molecule has 0 radical (unpaired) electrons. The van der Waals surface area contributed by atoms with Crippen LogP contribution in [0.25, 0.3) is 0 Å². The minimum absolute atomic E-state index is 0.0562. The SMILES string of the molecule is CC[C@]1(c2ccc(Br)cc2)CO1. The van der Waals surface area contributed by atoms with E-state index in [9.17, 15) is 0 Å². The molecule has 1 aliphatic heterocycles. The van der Waals surface area contributed by atoms with Gasteiger partial charge in [0.2, 0.25) is 0 Å². The molecular formula is C10H11BrO. The largest absolute Gasteiger partial charge is 0.365 e. The van der Waals surface area contributed by atoms with Crippen molar-refractivity contribution in [1.82, 2.24) is 0 Å². The van der Waals surface area contributed by atoms with E-state index >= 15 is 0 Å². The van der Waals surface area contributed by atoms with E-state index in [1.54, 1.807) is 0 Å². The first kappa shape index (κ1) is 8.27. The molecule has 1 aromatic rings. The quantitative estimate of drug-likeness (QED) is 0.707. The fourth-order valence-electron chi connectivity index (χ4n) is 1.42. The molecule has 1 saturated heterocycles. The summed E-state index contributed by atoms with van der Waals surface area (Å²) in [6.45, 7) is 3.04. The molecule has 1 nitrogen and oxygen atoms in total. The molecule has 0 amide bonds. The highest BCUT2D eigenvalue weighted by Crippen LogP contribution is 2.41. The van der Waals surface area contributed by atoms with Gasteiger partial charge in [-0.3, -0.25) is 0 Å². The smallest absolute Gasteiger partial charge is 0.116 e. The Morgan fingerprint density at radius 1 is 1.42 bits per heavy atom. The van der Waals surface area contributed by atoms with E-state index in [2.05, 4.69) is 47.1 Å². The van der Waals surface area contributed by atoms with Crippen LogP contribution in [-0.2, 0) is 10.3 Å². The first-order chi connectivity index (χ1) is 5.77. The summed E-state index contributed by atoms with van der Waals surface area (Å²) in [6, 6.07) is 8.38. The van der Waals surface area contributed by atoms with E-state index in [1.165, 1.54) is 5.56 Å². The Morgan fingerprint density at radius 2 is 2.00 bits per heavy atom. The van der Waals surface area contributed by atoms with Gasteiger partial charge in [-0.05, 0) is 24.1 Å². The molecule has 0 bridgehead atoms. The van der Waals surface area contributed by atoms with Gasteiger partial charge >= 0.3 is 0 Å². The topological polar surface area (TPSA) is 12.5 Å². The molecule has 0 saturated carbocycles. The minimum Gasteiger partial charge on any atom is -0.365 e. The van der Waals surface area contributed by atoms with Crippen molar-refractivity contribution in [2.75, 3.05) is 6.61 Å². The van der Waals surface area contributed by atoms with Crippen LogP contribution in [0.1, 0.15) is 18.9 Å². The van der Waals surface area contributed by atoms with Crippen molar-refractivity contribution >= 4 is 15.9 Å². The lowest BCUT2D eigenvalue weighted by molar-refractivity contribution is 0.301. The summed E-state index contributed by atoms with van der Waals surface area (Å²) < 4.78 is 6.58. The number of halogens is 1. The van der Waals surface area contributed by atoms with Gasteiger partial charge in [-0.2, -0.15) is 0 Å². The maximum Gasteiger partial charge on any atom is 0.116 e. The summed E-state index contributed by atoms with van der Waals surface area (Å²) >= 11 is 3.41. The molecule has 64 valence electrons. The van der Waals surface area contributed by atoms with Crippen molar-refractivity contribution in [3.8, 4) is 0 Å². The van der Waals surface area contributed by atoms with Crippen LogP contribution in [0.4, 0.5) is 0 Å². The molecule has 0 unspecified atom stereocenters. The van der Waals surface area contributed by atoms with E-state index in [0.29, 0.717) is 0 Å². The van der Waals surface area contributed by atoms with Crippen molar-refractivity contribution < 1.29 is 4.74 Å². The molecule has 0 N–H and O–H groups in total. The highest BCUT2D eigenvalue weighted by molar-refractivity contribution is 9.10. The summed E-state index contributed by atoms with van der Waals surface area (Å²) in [5.41, 5.74) is 1.36. The Balaban J connectivity index is 2.29. The fraction of sp³-hybridized carbons (Fsp3) is 0.400. The highest BCUT2D eigenvalue weighted by atomic mass is 79.9. The van der Waals surface area contributed by atoms with Gasteiger partial charge in [0.05, 0.1) is 6.61 Å². The minimum atomic E-state index is 0.0562. The summed E-state index contributed by atoms with van der Waals surface area (Å²) in [6.07, 6.45) is 1.06. The molecule has 1 fully saturated rings. The standard InChI is InChI=1S/C10H11BrO/c1-2-10(7-12-10)8-3-5-9(11)6-4-8/h3-6H,2,7H2,1H3/t10-/m1/s1. The highest BCUT2D eigenvalue weighted by Gasteiger charge is 2.44. The van der Waals surface area contributed by atoms with E-state index in [0.717, 1.165) is 17.5 Å². The van der Waals surface area contributed by atoms with Crippen molar-refractivity contribution in [3.63, 3.8) is 0 Å². The second-order valence-electron chi connectivity index (χ2n) is 3.14. The number of epoxide rings is 1. The van der Waals surface area contributed by atoms with Crippen LogP contribution in [-0.4, -0.2) is 6.61 Å². The van der Waals surface area contributed by atoms with Gasteiger partial charge in [0, 0.05) is 4.47 Å². The molecule has 1 aromatic carbocycles. The lowest BCUT2D eigenvalue weighted by atomic mass is 9.98. The zero-order valence-corrected chi connectivity index (χ0v) is 8.60. The Labute approximate surface area is 80.9 Å². The number of hydrogen-bond acceptors (Lipinski definition) is 1. The third-order valence-electron chi connectivity index (χ3n) is 2.43. The summed E-state index contributed by atoms with van der Waals surface area (Å²) in [5.74, 6) is 0. The second kappa shape index (κ2) is 2.86.